The molecule has 3 heteroatoms. The smallest absolute Gasteiger partial charge is 0.308 e. The number of nitrogens with two attached hydrogens (primary N) is 1. The molecule has 0 unspecified atom stereocenters. The number of hydrogen-bond donors (Lipinski definition) is 1. The van der Waals surface area contributed by atoms with E-state index in [9.17, 15) is 4.79 Å². The minimum absolute atomic E-state index is 0.0563. The third-order valence-electron chi connectivity index (χ3n) is 3.66. The van der Waals surface area contributed by atoms with Gasteiger partial charge in [0, 0.05) is 13.0 Å². The Morgan fingerprint density at radius 3 is 2.72 bits per heavy atom. The Balaban J connectivity index is 2.09. The van der Waals surface area contributed by atoms with Crippen LogP contribution in [-0.4, -0.2) is 5.97 Å². The number of carbonyl (C=O) groups is 1. The van der Waals surface area contributed by atoms with Gasteiger partial charge in [-0.3, -0.25) is 4.79 Å². The lowest BCUT2D eigenvalue weighted by molar-refractivity contribution is -0.131. The summed E-state index contributed by atoms with van der Waals surface area (Å²) in [7, 11) is 0. The summed E-state index contributed by atoms with van der Waals surface area (Å²) in [4.78, 5) is 10.9. The van der Waals surface area contributed by atoms with Gasteiger partial charge in [0.05, 0.1) is 0 Å². The van der Waals surface area contributed by atoms with Gasteiger partial charge in [0.25, 0.3) is 0 Å². The van der Waals surface area contributed by atoms with E-state index in [1.807, 2.05) is 18.2 Å². The van der Waals surface area contributed by atoms with Gasteiger partial charge in [0.2, 0.25) is 0 Å². The monoisotopic (exact) mass is 247 g/mol. The van der Waals surface area contributed by atoms with E-state index in [1.54, 1.807) is 6.07 Å². The zero-order valence-electron chi connectivity index (χ0n) is 10.9. The largest absolute Gasteiger partial charge is 0.427 e. The van der Waals surface area contributed by atoms with Crippen LogP contribution in [0.4, 0.5) is 0 Å². The Kier molecular flexibility index (Phi) is 4.37. The Morgan fingerprint density at radius 1 is 1.33 bits per heavy atom. The van der Waals surface area contributed by atoms with E-state index in [-0.39, 0.29) is 12.0 Å². The highest BCUT2D eigenvalue weighted by Gasteiger charge is 2.22. The van der Waals surface area contributed by atoms with Crippen LogP contribution in [0.25, 0.3) is 0 Å². The molecule has 18 heavy (non-hydrogen) atoms. The van der Waals surface area contributed by atoms with Crippen molar-refractivity contribution in [2.45, 2.75) is 45.1 Å². The minimum Gasteiger partial charge on any atom is -0.427 e. The molecule has 1 aliphatic rings. The van der Waals surface area contributed by atoms with Crippen molar-refractivity contribution >= 4 is 5.97 Å². The highest BCUT2D eigenvalue weighted by Crippen LogP contribution is 2.33. The standard InChI is InChI=1S/C15H21NO2/c1-11(17)18-14-9-5-8-13(10-14)15(16)12-6-3-2-4-7-12/h5,8-10,12,15H,2-4,6-7,16H2,1H3/t15-/m0/s1. The third kappa shape index (κ3) is 3.33. The van der Waals surface area contributed by atoms with E-state index in [1.165, 1.54) is 39.0 Å². The summed E-state index contributed by atoms with van der Waals surface area (Å²) >= 11 is 0. The fourth-order valence-corrected chi connectivity index (χ4v) is 2.72. The molecule has 98 valence electrons. The lowest BCUT2D eigenvalue weighted by Crippen LogP contribution is -2.23. The normalized spacial score (nSPS) is 18.3. The number of benzene rings is 1. The van der Waals surface area contributed by atoms with Crippen LogP contribution in [0.15, 0.2) is 24.3 Å². The highest BCUT2D eigenvalue weighted by atomic mass is 16.5. The molecule has 0 amide bonds. The summed E-state index contributed by atoms with van der Waals surface area (Å²) in [6, 6.07) is 7.66. The van der Waals surface area contributed by atoms with Crippen molar-refractivity contribution in [3.63, 3.8) is 0 Å². The second-order valence-electron chi connectivity index (χ2n) is 5.09. The molecule has 0 aromatic heterocycles. The number of ether oxygens (including phenoxy) is 1. The van der Waals surface area contributed by atoms with Crippen molar-refractivity contribution in [1.29, 1.82) is 0 Å². The molecule has 0 heterocycles. The van der Waals surface area contributed by atoms with E-state index in [2.05, 4.69) is 0 Å². The second-order valence-corrected chi connectivity index (χ2v) is 5.09. The van der Waals surface area contributed by atoms with Crippen LogP contribution in [0.3, 0.4) is 0 Å². The van der Waals surface area contributed by atoms with Crippen LogP contribution >= 0.6 is 0 Å². The van der Waals surface area contributed by atoms with Crippen LogP contribution in [0, 0.1) is 5.92 Å². The molecule has 1 aromatic rings. The molecular weight excluding hydrogens is 226 g/mol. The molecule has 1 aromatic carbocycles. The first kappa shape index (κ1) is 13.1. The first-order chi connectivity index (χ1) is 8.66. The van der Waals surface area contributed by atoms with Crippen molar-refractivity contribution in [1.82, 2.24) is 0 Å². The van der Waals surface area contributed by atoms with Crippen LogP contribution in [0.2, 0.25) is 0 Å². The molecule has 0 bridgehead atoms. The van der Waals surface area contributed by atoms with Gasteiger partial charge in [-0.1, -0.05) is 31.4 Å². The number of esters is 1. The van der Waals surface area contributed by atoms with Crippen molar-refractivity contribution in [2.24, 2.45) is 11.7 Å². The molecule has 1 aliphatic carbocycles. The molecule has 1 saturated carbocycles. The Hall–Kier alpha value is -1.35. The van der Waals surface area contributed by atoms with Crippen LogP contribution in [0.5, 0.6) is 5.75 Å². The van der Waals surface area contributed by atoms with Gasteiger partial charge in [0.1, 0.15) is 5.75 Å². The molecule has 1 atom stereocenters. The molecule has 0 aliphatic heterocycles. The summed E-state index contributed by atoms with van der Waals surface area (Å²) in [5, 5.41) is 0. The highest BCUT2D eigenvalue weighted by molar-refractivity contribution is 5.69. The summed E-state index contributed by atoms with van der Waals surface area (Å²) in [5.41, 5.74) is 7.40. The van der Waals surface area contributed by atoms with Crippen LogP contribution < -0.4 is 10.5 Å². The van der Waals surface area contributed by atoms with E-state index >= 15 is 0 Å². The molecule has 0 saturated heterocycles. The number of carbonyl (C=O) groups excluding carboxylic acids is 1. The average molecular weight is 247 g/mol. The van der Waals surface area contributed by atoms with E-state index in [0.717, 1.165) is 5.56 Å². The van der Waals surface area contributed by atoms with Gasteiger partial charge in [-0.05, 0) is 36.5 Å². The maximum Gasteiger partial charge on any atom is 0.308 e. The fourth-order valence-electron chi connectivity index (χ4n) is 2.72. The van der Waals surface area contributed by atoms with Crippen molar-refractivity contribution in [3.05, 3.63) is 29.8 Å². The number of hydrogen-bond acceptors (Lipinski definition) is 3. The first-order valence-electron chi connectivity index (χ1n) is 6.71. The molecule has 2 N–H and O–H groups in total. The summed E-state index contributed by atoms with van der Waals surface area (Å²) in [6.07, 6.45) is 6.30. The predicted octanol–water partition coefficient (Wildman–Crippen LogP) is 3.19. The lowest BCUT2D eigenvalue weighted by Gasteiger charge is -2.27. The molecular formula is C15H21NO2. The zero-order chi connectivity index (χ0) is 13.0. The van der Waals surface area contributed by atoms with E-state index in [4.69, 9.17) is 10.5 Å². The Morgan fingerprint density at radius 2 is 2.06 bits per heavy atom. The van der Waals surface area contributed by atoms with E-state index < -0.39 is 0 Å². The predicted molar refractivity (Wildman–Crippen MR) is 71.3 cm³/mol. The van der Waals surface area contributed by atoms with Gasteiger partial charge in [-0.25, -0.2) is 0 Å². The van der Waals surface area contributed by atoms with Crippen LogP contribution in [-0.2, 0) is 4.79 Å². The lowest BCUT2D eigenvalue weighted by atomic mass is 9.81. The maximum absolute atomic E-state index is 10.9. The quantitative estimate of drug-likeness (QED) is 0.659. The maximum atomic E-state index is 10.9. The van der Waals surface area contributed by atoms with Crippen LogP contribution in [0.1, 0.15) is 50.6 Å². The fraction of sp³-hybridized carbons (Fsp3) is 0.533. The zero-order valence-corrected chi connectivity index (χ0v) is 10.9. The molecule has 0 radical (unpaired) electrons. The third-order valence-corrected chi connectivity index (χ3v) is 3.66. The van der Waals surface area contributed by atoms with Gasteiger partial charge < -0.3 is 10.5 Å². The Bertz CT molecular complexity index is 411. The first-order valence-corrected chi connectivity index (χ1v) is 6.71. The van der Waals surface area contributed by atoms with Gasteiger partial charge in [-0.15, -0.1) is 0 Å². The molecule has 2 rings (SSSR count). The SMILES string of the molecule is CC(=O)Oc1cccc([C@@H](N)C2CCCCC2)c1. The summed E-state index contributed by atoms with van der Waals surface area (Å²) < 4.78 is 5.10. The molecule has 3 nitrogen and oxygen atoms in total. The molecule has 1 fully saturated rings. The summed E-state index contributed by atoms with van der Waals surface area (Å²) in [6.45, 7) is 1.41. The van der Waals surface area contributed by atoms with E-state index in [0.29, 0.717) is 11.7 Å². The van der Waals surface area contributed by atoms with Crippen molar-refractivity contribution in [2.75, 3.05) is 0 Å². The number of rotatable bonds is 3. The van der Waals surface area contributed by atoms with Crippen molar-refractivity contribution in [3.8, 4) is 5.75 Å². The second kappa shape index (κ2) is 6.01. The van der Waals surface area contributed by atoms with Gasteiger partial charge in [0.15, 0.2) is 0 Å². The van der Waals surface area contributed by atoms with Gasteiger partial charge >= 0.3 is 5.97 Å². The van der Waals surface area contributed by atoms with Gasteiger partial charge in [-0.2, -0.15) is 0 Å². The minimum atomic E-state index is -0.293. The topological polar surface area (TPSA) is 52.3 Å². The van der Waals surface area contributed by atoms with Crippen molar-refractivity contribution < 1.29 is 9.53 Å². The Labute approximate surface area is 108 Å². The summed E-state index contributed by atoms with van der Waals surface area (Å²) in [5.74, 6) is 0.857. The molecule has 0 spiro atoms. The average Bonchev–Trinajstić information content (AvgIpc) is 2.38.